The lowest BCUT2D eigenvalue weighted by Crippen LogP contribution is -1.99. The number of aromatic nitrogens is 4. The van der Waals surface area contributed by atoms with E-state index < -0.39 is 5.97 Å². The van der Waals surface area contributed by atoms with E-state index in [4.69, 9.17) is 5.11 Å². The van der Waals surface area contributed by atoms with Gasteiger partial charge in [-0.2, -0.15) is 10.2 Å². The summed E-state index contributed by atoms with van der Waals surface area (Å²) in [5, 5.41) is 21.0. The molecule has 0 amide bonds. The molecule has 0 spiro atoms. The van der Waals surface area contributed by atoms with Gasteiger partial charge in [0.05, 0.1) is 5.69 Å². The standard InChI is InChI=1S/C12H9BrN4O2/c1-17-9(5-8(16-17)12(18)19)6-3-2-4-7-10(6)14-15-11(7)13/h2-5H,1H3,(H,14,15)(H,18,19). The minimum atomic E-state index is -1.04. The van der Waals surface area contributed by atoms with Crippen molar-refractivity contribution >= 4 is 32.8 Å². The number of nitrogens with zero attached hydrogens (tertiary/aromatic N) is 3. The highest BCUT2D eigenvalue weighted by molar-refractivity contribution is 9.10. The summed E-state index contributed by atoms with van der Waals surface area (Å²) < 4.78 is 2.34. The second-order valence-corrected chi connectivity index (χ2v) is 4.88. The number of aryl methyl sites for hydroxylation is 1. The topological polar surface area (TPSA) is 83.8 Å². The molecule has 0 aliphatic carbocycles. The minimum absolute atomic E-state index is 0.0177. The Morgan fingerprint density at radius 1 is 1.47 bits per heavy atom. The Kier molecular flexibility index (Phi) is 2.63. The largest absolute Gasteiger partial charge is 0.476 e. The van der Waals surface area contributed by atoms with Crippen molar-refractivity contribution in [2.75, 3.05) is 0 Å². The van der Waals surface area contributed by atoms with Gasteiger partial charge in [0.2, 0.25) is 0 Å². The highest BCUT2D eigenvalue weighted by Crippen LogP contribution is 2.30. The molecule has 1 aromatic carbocycles. The molecule has 0 bridgehead atoms. The molecule has 0 radical (unpaired) electrons. The van der Waals surface area contributed by atoms with Gasteiger partial charge in [-0.15, -0.1) is 0 Å². The van der Waals surface area contributed by atoms with Gasteiger partial charge in [0.15, 0.2) is 5.69 Å². The monoisotopic (exact) mass is 320 g/mol. The van der Waals surface area contributed by atoms with Crippen molar-refractivity contribution in [1.82, 2.24) is 20.0 Å². The number of carboxylic acid groups (broad SMARTS) is 1. The second kappa shape index (κ2) is 4.20. The minimum Gasteiger partial charge on any atom is -0.476 e. The lowest BCUT2D eigenvalue weighted by atomic mass is 10.1. The summed E-state index contributed by atoms with van der Waals surface area (Å²) >= 11 is 3.39. The maximum atomic E-state index is 11.0. The fourth-order valence-corrected chi connectivity index (χ4v) is 2.45. The van der Waals surface area contributed by atoms with E-state index in [1.165, 1.54) is 0 Å². The van der Waals surface area contributed by atoms with Gasteiger partial charge < -0.3 is 5.11 Å². The van der Waals surface area contributed by atoms with E-state index in [-0.39, 0.29) is 5.69 Å². The Labute approximate surface area is 116 Å². The number of aromatic carboxylic acids is 1. The molecular formula is C12H9BrN4O2. The van der Waals surface area contributed by atoms with Crippen molar-refractivity contribution in [2.24, 2.45) is 7.05 Å². The van der Waals surface area contributed by atoms with Crippen LogP contribution < -0.4 is 0 Å². The van der Waals surface area contributed by atoms with Crippen LogP contribution >= 0.6 is 15.9 Å². The molecule has 7 heteroatoms. The van der Waals surface area contributed by atoms with Crippen molar-refractivity contribution in [3.63, 3.8) is 0 Å². The maximum absolute atomic E-state index is 11.0. The predicted octanol–water partition coefficient (Wildman–Crippen LogP) is 2.42. The first-order chi connectivity index (χ1) is 9.08. The van der Waals surface area contributed by atoms with Crippen molar-refractivity contribution in [2.45, 2.75) is 0 Å². The zero-order valence-electron chi connectivity index (χ0n) is 9.88. The van der Waals surface area contributed by atoms with Gasteiger partial charge in [-0.3, -0.25) is 9.78 Å². The molecule has 0 atom stereocenters. The highest BCUT2D eigenvalue weighted by atomic mass is 79.9. The lowest BCUT2D eigenvalue weighted by molar-refractivity contribution is 0.0689. The number of hydrogen-bond donors (Lipinski definition) is 2. The number of rotatable bonds is 2. The third kappa shape index (κ3) is 1.82. The van der Waals surface area contributed by atoms with Crippen molar-refractivity contribution in [3.05, 3.63) is 34.6 Å². The number of nitrogens with one attached hydrogen (secondary N) is 1. The maximum Gasteiger partial charge on any atom is 0.356 e. The van der Waals surface area contributed by atoms with E-state index in [1.807, 2.05) is 18.2 Å². The Morgan fingerprint density at radius 3 is 2.95 bits per heavy atom. The van der Waals surface area contributed by atoms with E-state index in [0.29, 0.717) is 5.69 Å². The molecule has 0 fully saturated rings. The number of halogens is 1. The van der Waals surface area contributed by atoms with Crippen LogP contribution in [0.4, 0.5) is 0 Å². The van der Waals surface area contributed by atoms with Gasteiger partial charge >= 0.3 is 5.97 Å². The number of para-hydroxylation sites is 1. The van der Waals surface area contributed by atoms with E-state index in [0.717, 1.165) is 21.1 Å². The number of carbonyl (C=O) groups is 1. The van der Waals surface area contributed by atoms with E-state index in [9.17, 15) is 4.79 Å². The van der Waals surface area contributed by atoms with Gasteiger partial charge in [-0.25, -0.2) is 4.79 Å². The molecule has 19 heavy (non-hydrogen) atoms. The third-order valence-corrected chi connectivity index (χ3v) is 3.52. The summed E-state index contributed by atoms with van der Waals surface area (Å²) in [5.74, 6) is -1.04. The van der Waals surface area contributed by atoms with Crippen LogP contribution in [0.3, 0.4) is 0 Å². The zero-order chi connectivity index (χ0) is 13.6. The molecule has 0 saturated heterocycles. The van der Waals surface area contributed by atoms with Gasteiger partial charge in [-0.05, 0) is 28.1 Å². The van der Waals surface area contributed by atoms with Gasteiger partial charge in [0.1, 0.15) is 10.1 Å². The molecule has 2 aromatic heterocycles. The van der Waals surface area contributed by atoms with Crippen LogP contribution in [0.25, 0.3) is 22.2 Å². The van der Waals surface area contributed by atoms with Crippen LogP contribution in [-0.4, -0.2) is 31.1 Å². The third-order valence-electron chi connectivity index (χ3n) is 2.91. The van der Waals surface area contributed by atoms with E-state index in [2.05, 4.69) is 31.2 Å². The summed E-state index contributed by atoms with van der Waals surface area (Å²) in [6.07, 6.45) is 0. The van der Waals surface area contributed by atoms with E-state index in [1.54, 1.807) is 17.8 Å². The average Bonchev–Trinajstić information content (AvgIpc) is 2.94. The number of aromatic amines is 1. The Morgan fingerprint density at radius 2 is 2.26 bits per heavy atom. The van der Waals surface area contributed by atoms with Gasteiger partial charge in [-0.1, -0.05) is 12.1 Å². The van der Waals surface area contributed by atoms with Crippen LogP contribution in [0.1, 0.15) is 10.5 Å². The van der Waals surface area contributed by atoms with Gasteiger partial charge in [0, 0.05) is 18.0 Å². The molecule has 96 valence electrons. The second-order valence-electron chi connectivity index (χ2n) is 4.08. The molecular weight excluding hydrogens is 312 g/mol. The number of hydrogen-bond acceptors (Lipinski definition) is 3. The number of carboxylic acids is 1. The molecule has 0 aliphatic heterocycles. The molecule has 0 aliphatic rings. The molecule has 0 saturated carbocycles. The zero-order valence-corrected chi connectivity index (χ0v) is 11.5. The first-order valence-corrected chi connectivity index (χ1v) is 6.27. The van der Waals surface area contributed by atoms with Crippen LogP contribution in [-0.2, 0) is 7.05 Å². The fraction of sp³-hybridized carbons (Fsp3) is 0.0833. The van der Waals surface area contributed by atoms with Crippen LogP contribution in [0.2, 0.25) is 0 Å². The van der Waals surface area contributed by atoms with Crippen molar-refractivity contribution < 1.29 is 9.90 Å². The first-order valence-electron chi connectivity index (χ1n) is 5.48. The lowest BCUT2D eigenvalue weighted by Gasteiger charge is -2.02. The summed E-state index contributed by atoms with van der Waals surface area (Å²) in [4.78, 5) is 11.0. The Hall–Kier alpha value is -2.15. The molecule has 0 unspecified atom stereocenters. The van der Waals surface area contributed by atoms with Crippen LogP contribution in [0.5, 0.6) is 0 Å². The molecule has 2 N–H and O–H groups in total. The van der Waals surface area contributed by atoms with Crippen LogP contribution in [0, 0.1) is 0 Å². The quantitative estimate of drug-likeness (QED) is 0.759. The molecule has 2 heterocycles. The SMILES string of the molecule is Cn1nc(C(=O)O)cc1-c1cccc2c(Br)[nH]nc12. The summed E-state index contributed by atoms with van der Waals surface area (Å²) in [6, 6.07) is 7.25. The Balaban J connectivity index is 2.27. The van der Waals surface area contributed by atoms with E-state index >= 15 is 0 Å². The van der Waals surface area contributed by atoms with Crippen molar-refractivity contribution in [3.8, 4) is 11.3 Å². The summed E-state index contributed by atoms with van der Waals surface area (Å²) in [5.41, 5.74) is 2.34. The predicted molar refractivity (Wildman–Crippen MR) is 73.0 cm³/mol. The number of benzene rings is 1. The first kappa shape index (κ1) is 11.9. The highest BCUT2D eigenvalue weighted by Gasteiger charge is 2.16. The normalized spacial score (nSPS) is 11.1. The van der Waals surface area contributed by atoms with Crippen LogP contribution in [0.15, 0.2) is 28.9 Å². The average molecular weight is 321 g/mol. The smallest absolute Gasteiger partial charge is 0.356 e. The summed E-state index contributed by atoms with van der Waals surface area (Å²) in [7, 11) is 1.71. The van der Waals surface area contributed by atoms with Gasteiger partial charge in [0.25, 0.3) is 0 Å². The van der Waals surface area contributed by atoms with Crippen molar-refractivity contribution in [1.29, 1.82) is 0 Å². The molecule has 6 nitrogen and oxygen atoms in total. The fourth-order valence-electron chi connectivity index (χ4n) is 2.04. The molecule has 3 rings (SSSR count). The Bertz CT molecular complexity index is 790. The number of H-pyrrole nitrogens is 1. The summed E-state index contributed by atoms with van der Waals surface area (Å²) in [6.45, 7) is 0. The number of fused-ring (bicyclic) bond motifs is 1. The molecule has 3 aromatic rings.